The normalized spacial score (nSPS) is 12.2. The molecule has 31 heavy (non-hydrogen) atoms. The molecule has 0 fully saturated rings. The van der Waals surface area contributed by atoms with E-state index in [2.05, 4.69) is 17.4 Å². The van der Waals surface area contributed by atoms with Gasteiger partial charge in [0.15, 0.2) is 0 Å². The van der Waals surface area contributed by atoms with Gasteiger partial charge in [0.2, 0.25) is 15.9 Å². The Labute approximate surface area is 188 Å². The van der Waals surface area contributed by atoms with Crippen molar-refractivity contribution in [3.8, 4) is 0 Å². The van der Waals surface area contributed by atoms with Gasteiger partial charge in [0.1, 0.15) is 6.04 Å². The third kappa shape index (κ3) is 6.35. The molecule has 1 atom stereocenters. The van der Waals surface area contributed by atoms with E-state index in [0.717, 1.165) is 27.4 Å². The molecule has 162 valence electrons. The highest BCUT2D eigenvalue weighted by Gasteiger charge is 2.29. The maximum Gasteiger partial charge on any atom is 0.247 e. The molecular formula is C24H26N2O3S2. The van der Waals surface area contributed by atoms with Crippen LogP contribution in [0.4, 0.5) is 11.4 Å². The number of carbonyl (C=O) groups excluding carboxylic acids is 1. The van der Waals surface area contributed by atoms with E-state index in [9.17, 15) is 13.2 Å². The second-order valence-electron chi connectivity index (χ2n) is 7.36. The smallest absolute Gasteiger partial charge is 0.247 e. The van der Waals surface area contributed by atoms with Crippen LogP contribution in [0.25, 0.3) is 0 Å². The summed E-state index contributed by atoms with van der Waals surface area (Å²) in [6, 6.07) is 23.9. The molecular weight excluding hydrogens is 428 g/mol. The number of sulfonamides is 1. The fraction of sp³-hybridized carbons (Fsp3) is 0.208. The van der Waals surface area contributed by atoms with Gasteiger partial charge in [-0.15, -0.1) is 11.8 Å². The Morgan fingerprint density at radius 1 is 0.968 bits per heavy atom. The molecule has 1 amide bonds. The first kappa shape index (κ1) is 22.9. The number of carbonyl (C=O) groups is 1. The number of nitrogens with zero attached hydrogens (tertiary/aromatic N) is 1. The molecule has 5 nitrogen and oxygen atoms in total. The fourth-order valence-corrected chi connectivity index (χ4v) is 5.17. The van der Waals surface area contributed by atoms with Gasteiger partial charge in [0.05, 0.1) is 11.9 Å². The first-order chi connectivity index (χ1) is 14.7. The van der Waals surface area contributed by atoms with Crippen molar-refractivity contribution in [2.24, 2.45) is 0 Å². The van der Waals surface area contributed by atoms with Crippen molar-refractivity contribution in [3.05, 3.63) is 90.0 Å². The predicted octanol–water partition coefficient (Wildman–Crippen LogP) is 5.08. The molecule has 0 aliphatic carbocycles. The number of benzene rings is 3. The molecule has 0 radical (unpaired) electrons. The van der Waals surface area contributed by atoms with Gasteiger partial charge in [0, 0.05) is 16.3 Å². The molecule has 0 aliphatic rings. The van der Waals surface area contributed by atoms with Crippen molar-refractivity contribution < 1.29 is 13.2 Å². The van der Waals surface area contributed by atoms with Gasteiger partial charge in [0.25, 0.3) is 0 Å². The zero-order valence-corrected chi connectivity index (χ0v) is 19.4. The van der Waals surface area contributed by atoms with Gasteiger partial charge in [-0.25, -0.2) is 8.42 Å². The number of aryl methyl sites for hydroxylation is 1. The van der Waals surface area contributed by atoms with Gasteiger partial charge in [-0.1, -0.05) is 48.0 Å². The third-order valence-electron chi connectivity index (χ3n) is 4.75. The zero-order chi connectivity index (χ0) is 22.4. The minimum Gasteiger partial charge on any atom is -0.324 e. The molecule has 3 rings (SSSR count). The van der Waals surface area contributed by atoms with Crippen LogP contribution in [0.1, 0.15) is 18.1 Å². The molecule has 7 heteroatoms. The van der Waals surface area contributed by atoms with Crippen LogP contribution in [0.5, 0.6) is 0 Å². The van der Waals surface area contributed by atoms with Crippen LogP contribution in [0.2, 0.25) is 0 Å². The summed E-state index contributed by atoms with van der Waals surface area (Å²) in [5.41, 5.74) is 3.24. The average molecular weight is 455 g/mol. The molecule has 0 spiro atoms. The summed E-state index contributed by atoms with van der Waals surface area (Å²) < 4.78 is 25.9. The van der Waals surface area contributed by atoms with E-state index in [1.165, 1.54) is 4.90 Å². The minimum absolute atomic E-state index is 0.391. The summed E-state index contributed by atoms with van der Waals surface area (Å²) in [5, 5.41) is 2.82. The van der Waals surface area contributed by atoms with Crippen molar-refractivity contribution >= 4 is 39.1 Å². The molecule has 3 aromatic carbocycles. The lowest BCUT2D eigenvalue weighted by molar-refractivity contribution is -0.116. The van der Waals surface area contributed by atoms with Crippen LogP contribution in [0, 0.1) is 6.92 Å². The first-order valence-corrected chi connectivity index (χ1v) is 12.7. The highest BCUT2D eigenvalue weighted by molar-refractivity contribution is 7.98. The number of hydrogen-bond acceptors (Lipinski definition) is 4. The Hall–Kier alpha value is -2.77. The summed E-state index contributed by atoms with van der Waals surface area (Å²) in [6.45, 7) is 3.51. The predicted molar refractivity (Wildman–Crippen MR) is 129 cm³/mol. The SMILES string of the molecule is Cc1ccc(N([C@@H](C)C(=O)Nc2ccc(CSc3ccccc3)cc2)S(C)(=O)=O)cc1. The summed E-state index contributed by atoms with van der Waals surface area (Å²) in [6.07, 6.45) is 1.11. The molecule has 0 saturated carbocycles. The molecule has 0 unspecified atom stereocenters. The number of thioether (sulfide) groups is 1. The lowest BCUT2D eigenvalue weighted by Crippen LogP contribution is -2.45. The van der Waals surface area contributed by atoms with Crippen LogP contribution in [-0.4, -0.2) is 26.6 Å². The zero-order valence-electron chi connectivity index (χ0n) is 17.8. The van der Waals surface area contributed by atoms with Crippen molar-refractivity contribution in [3.63, 3.8) is 0 Å². The first-order valence-electron chi connectivity index (χ1n) is 9.88. The van der Waals surface area contributed by atoms with Gasteiger partial charge in [-0.05, 0) is 55.8 Å². The Bertz CT molecular complexity index is 1110. The van der Waals surface area contributed by atoms with E-state index in [-0.39, 0.29) is 0 Å². The van der Waals surface area contributed by atoms with Crippen LogP contribution >= 0.6 is 11.8 Å². The number of amides is 1. The number of rotatable bonds is 8. The van der Waals surface area contributed by atoms with E-state index in [0.29, 0.717) is 11.4 Å². The van der Waals surface area contributed by atoms with Crippen molar-refractivity contribution in [1.82, 2.24) is 0 Å². The molecule has 1 N–H and O–H groups in total. The highest BCUT2D eigenvalue weighted by Crippen LogP contribution is 2.24. The van der Waals surface area contributed by atoms with E-state index < -0.39 is 22.0 Å². The Balaban J connectivity index is 1.67. The Morgan fingerprint density at radius 3 is 2.16 bits per heavy atom. The summed E-state index contributed by atoms with van der Waals surface area (Å²) >= 11 is 1.74. The summed E-state index contributed by atoms with van der Waals surface area (Å²) in [4.78, 5) is 14.0. The van der Waals surface area contributed by atoms with Crippen LogP contribution in [0.3, 0.4) is 0 Å². The maximum atomic E-state index is 12.8. The van der Waals surface area contributed by atoms with Crippen LogP contribution < -0.4 is 9.62 Å². The molecule has 0 aromatic heterocycles. The van der Waals surface area contributed by atoms with E-state index in [1.807, 2.05) is 61.5 Å². The Morgan fingerprint density at radius 2 is 1.58 bits per heavy atom. The fourth-order valence-electron chi connectivity index (χ4n) is 3.11. The number of anilines is 2. The summed E-state index contributed by atoms with van der Waals surface area (Å²) in [5.74, 6) is 0.432. The third-order valence-corrected chi connectivity index (χ3v) is 7.07. The van der Waals surface area contributed by atoms with E-state index in [4.69, 9.17) is 0 Å². The van der Waals surface area contributed by atoms with Gasteiger partial charge >= 0.3 is 0 Å². The van der Waals surface area contributed by atoms with E-state index in [1.54, 1.807) is 30.8 Å². The minimum atomic E-state index is -3.64. The molecule has 0 heterocycles. The van der Waals surface area contributed by atoms with Crippen LogP contribution in [0.15, 0.2) is 83.8 Å². The number of nitrogens with one attached hydrogen (secondary N) is 1. The second kappa shape index (κ2) is 10.0. The molecule has 0 saturated heterocycles. The number of hydrogen-bond donors (Lipinski definition) is 1. The van der Waals surface area contributed by atoms with Crippen molar-refractivity contribution in [2.45, 2.75) is 30.5 Å². The average Bonchev–Trinajstić information content (AvgIpc) is 2.74. The summed E-state index contributed by atoms with van der Waals surface area (Å²) in [7, 11) is -3.64. The largest absolute Gasteiger partial charge is 0.324 e. The topological polar surface area (TPSA) is 66.5 Å². The highest BCUT2D eigenvalue weighted by atomic mass is 32.2. The van der Waals surface area contributed by atoms with Gasteiger partial charge < -0.3 is 5.32 Å². The van der Waals surface area contributed by atoms with E-state index >= 15 is 0 Å². The molecule has 3 aromatic rings. The molecule has 0 bridgehead atoms. The lowest BCUT2D eigenvalue weighted by Gasteiger charge is -2.28. The quantitative estimate of drug-likeness (QED) is 0.482. The van der Waals surface area contributed by atoms with Crippen LogP contribution in [-0.2, 0) is 20.6 Å². The lowest BCUT2D eigenvalue weighted by atomic mass is 10.2. The second-order valence-corrected chi connectivity index (χ2v) is 10.3. The van der Waals surface area contributed by atoms with Gasteiger partial charge in [-0.3, -0.25) is 9.10 Å². The maximum absolute atomic E-state index is 12.8. The van der Waals surface area contributed by atoms with Crippen molar-refractivity contribution in [2.75, 3.05) is 15.9 Å². The monoisotopic (exact) mass is 454 g/mol. The standard InChI is InChI=1S/C24H26N2O3S2/c1-18-9-15-22(16-10-18)26(31(3,28)29)19(2)24(27)25-21-13-11-20(12-14-21)17-30-23-7-5-4-6-8-23/h4-16,19H,17H2,1-3H3,(H,25,27)/t19-/m0/s1. The Kier molecular flexibility index (Phi) is 7.41. The van der Waals surface area contributed by atoms with Gasteiger partial charge in [-0.2, -0.15) is 0 Å². The van der Waals surface area contributed by atoms with Crippen molar-refractivity contribution in [1.29, 1.82) is 0 Å². The molecule has 0 aliphatic heterocycles.